The first kappa shape index (κ1) is 29.5. The van der Waals surface area contributed by atoms with Crippen LogP contribution in [-0.4, -0.2) is 43.9 Å². The molecule has 43 heavy (non-hydrogen) atoms. The van der Waals surface area contributed by atoms with E-state index in [0.717, 1.165) is 30.5 Å². The Bertz CT molecular complexity index is 1560. The highest BCUT2D eigenvalue weighted by molar-refractivity contribution is 6.10. The second-order valence-corrected chi connectivity index (χ2v) is 13.6. The van der Waals surface area contributed by atoms with E-state index < -0.39 is 17.6 Å². The van der Waals surface area contributed by atoms with Crippen molar-refractivity contribution in [2.75, 3.05) is 11.4 Å². The zero-order valence-corrected chi connectivity index (χ0v) is 25.1. The Labute approximate surface area is 250 Å². The molecule has 228 valence electrons. The summed E-state index contributed by atoms with van der Waals surface area (Å²) < 4.78 is 45.2. The lowest BCUT2D eigenvalue weighted by Gasteiger charge is -2.47. The van der Waals surface area contributed by atoms with Gasteiger partial charge in [0.15, 0.2) is 0 Å². The van der Waals surface area contributed by atoms with Crippen LogP contribution in [0.3, 0.4) is 0 Å². The summed E-state index contributed by atoms with van der Waals surface area (Å²) in [5, 5.41) is 8.32. The van der Waals surface area contributed by atoms with Crippen molar-refractivity contribution in [1.82, 2.24) is 19.7 Å². The summed E-state index contributed by atoms with van der Waals surface area (Å²) in [5.74, 6) is 0.952. The van der Waals surface area contributed by atoms with E-state index in [1.807, 2.05) is 43.7 Å². The van der Waals surface area contributed by atoms with Crippen LogP contribution in [0.2, 0.25) is 0 Å². The minimum Gasteiger partial charge on any atom is -0.321 e. The van der Waals surface area contributed by atoms with Gasteiger partial charge in [-0.1, -0.05) is 19.1 Å². The SMILES string of the molecule is Cn1cnnc1C[C@]1(c2cccc(N3Cc4c(cc(CN5CCC(C=O)CC5(C)C)cc4C(F)(F)F)C3=O)c2)C[C@H](C)C1. The van der Waals surface area contributed by atoms with Crippen molar-refractivity contribution < 1.29 is 22.8 Å². The van der Waals surface area contributed by atoms with Crippen LogP contribution >= 0.6 is 0 Å². The number of amides is 1. The Morgan fingerprint density at radius 1 is 1.12 bits per heavy atom. The molecule has 1 amide bonds. The maximum Gasteiger partial charge on any atom is 0.416 e. The van der Waals surface area contributed by atoms with E-state index in [9.17, 15) is 22.8 Å². The van der Waals surface area contributed by atoms with Crippen molar-refractivity contribution in [3.05, 3.63) is 76.4 Å². The van der Waals surface area contributed by atoms with Crippen LogP contribution in [0.4, 0.5) is 18.9 Å². The fraction of sp³-hybridized carbons (Fsp3) is 0.515. The molecule has 3 heterocycles. The third kappa shape index (κ3) is 5.39. The van der Waals surface area contributed by atoms with Crippen LogP contribution in [0.1, 0.15) is 84.9 Å². The summed E-state index contributed by atoms with van der Waals surface area (Å²) in [6.45, 7) is 6.99. The van der Waals surface area contributed by atoms with Crippen LogP contribution in [0.15, 0.2) is 42.7 Å². The summed E-state index contributed by atoms with van der Waals surface area (Å²) in [6.07, 6.45) is 1.99. The highest BCUT2D eigenvalue weighted by Crippen LogP contribution is 2.50. The van der Waals surface area contributed by atoms with Gasteiger partial charge in [0, 0.05) is 48.1 Å². The number of likely N-dealkylation sites (tertiary alicyclic amines) is 1. The van der Waals surface area contributed by atoms with E-state index in [2.05, 4.69) is 22.0 Å². The number of hydrogen-bond donors (Lipinski definition) is 0. The largest absolute Gasteiger partial charge is 0.416 e. The predicted octanol–water partition coefficient (Wildman–Crippen LogP) is 6.09. The van der Waals surface area contributed by atoms with Crippen molar-refractivity contribution >= 4 is 17.9 Å². The van der Waals surface area contributed by atoms with E-state index in [1.54, 1.807) is 18.5 Å². The smallest absolute Gasteiger partial charge is 0.321 e. The molecule has 3 aromatic rings. The highest BCUT2D eigenvalue weighted by Gasteiger charge is 2.45. The Kier molecular flexibility index (Phi) is 7.26. The summed E-state index contributed by atoms with van der Waals surface area (Å²) in [5.41, 5.74) is 0.990. The van der Waals surface area contributed by atoms with Gasteiger partial charge in [-0.25, -0.2) is 0 Å². The molecule has 10 heteroatoms. The van der Waals surface area contributed by atoms with Crippen molar-refractivity contribution in [3.8, 4) is 0 Å². The number of aromatic nitrogens is 3. The first-order chi connectivity index (χ1) is 20.3. The van der Waals surface area contributed by atoms with Gasteiger partial charge in [-0.3, -0.25) is 9.69 Å². The van der Waals surface area contributed by atoms with Gasteiger partial charge in [0.1, 0.15) is 18.4 Å². The molecule has 1 saturated heterocycles. The van der Waals surface area contributed by atoms with Gasteiger partial charge in [-0.15, -0.1) is 10.2 Å². The minimum atomic E-state index is -4.60. The molecule has 1 aromatic heterocycles. The summed E-state index contributed by atoms with van der Waals surface area (Å²) in [6, 6.07) is 10.6. The first-order valence-corrected chi connectivity index (χ1v) is 15.0. The first-order valence-electron chi connectivity index (χ1n) is 15.0. The Morgan fingerprint density at radius 3 is 2.51 bits per heavy atom. The third-order valence-corrected chi connectivity index (χ3v) is 9.91. The van der Waals surface area contributed by atoms with Gasteiger partial charge in [-0.2, -0.15) is 13.2 Å². The number of carbonyl (C=O) groups is 2. The van der Waals surface area contributed by atoms with Gasteiger partial charge < -0.3 is 14.3 Å². The standard InChI is InChI=1S/C33H38F3N5O2/c1-21-13-32(14-21,16-29-38-37-20-39(29)4)24-6-5-7-25(12-24)41-18-27-26(30(41)43)10-23(11-28(27)33(34,35)36)17-40-9-8-22(19-42)15-31(40,2)3/h5-7,10-12,19-22H,8-9,13-18H2,1-4H3/t21-,22?,32-. The molecular weight excluding hydrogens is 555 g/mol. The molecule has 1 atom stereocenters. The maximum absolute atomic E-state index is 14.4. The molecule has 2 aliphatic heterocycles. The number of aryl methyl sites for hydroxylation is 1. The zero-order valence-electron chi connectivity index (χ0n) is 25.1. The fourth-order valence-electron chi connectivity index (χ4n) is 7.68. The summed E-state index contributed by atoms with van der Waals surface area (Å²) in [4.78, 5) is 28.8. The molecule has 2 aromatic carbocycles. The number of nitrogens with zero attached hydrogens (tertiary/aromatic N) is 5. The number of anilines is 1. The lowest BCUT2D eigenvalue weighted by molar-refractivity contribution is -0.138. The molecule has 1 saturated carbocycles. The van der Waals surface area contributed by atoms with Crippen molar-refractivity contribution in [2.24, 2.45) is 18.9 Å². The summed E-state index contributed by atoms with van der Waals surface area (Å²) >= 11 is 0. The van der Waals surface area contributed by atoms with Crippen LogP contribution in [0, 0.1) is 11.8 Å². The highest BCUT2D eigenvalue weighted by atomic mass is 19.4. The maximum atomic E-state index is 14.4. The number of aldehydes is 1. The number of carbonyl (C=O) groups excluding carboxylic acids is 2. The number of fused-ring (bicyclic) bond motifs is 1. The molecule has 0 bridgehead atoms. The molecule has 7 nitrogen and oxygen atoms in total. The lowest BCUT2D eigenvalue weighted by Crippen LogP contribution is -2.49. The number of alkyl halides is 3. The molecule has 1 aliphatic carbocycles. The molecule has 1 unspecified atom stereocenters. The summed E-state index contributed by atoms with van der Waals surface area (Å²) in [7, 11) is 1.92. The Hall–Kier alpha value is -3.53. The minimum absolute atomic E-state index is 0.0247. The molecule has 3 aliphatic rings. The molecule has 0 spiro atoms. The van der Waals surface area contributed by atoms with Crippen LogP contribution in [-0.2, 0) is 42.9 Å². The Balaban J connectivity index is 1.31. The second kappa shape index (κ2) is 10.6. The third-order valence-electron chi connectivity index (χ3n) is 9.91. The molecule has 6 rings (SSSR count). The number of benzene rings is 2. The van der Waals surface area contributed by atoms with Gasteiger partial charge in [0.05, 0.1) is 12.1 Å². The molecular formula is C33H38F3N5O2. The average Bonchev–Trinajstić information content (AvgIpc) is 3.49. The number of piperidine rings is 1. The molecule has 0 N–H and O–H groups in total. The van der Waals surface area contributed by atoms with E-state index in [-0.39, 0.29) is 41.1 Å². The van der Waals surface area contributed by atoms with E-state index in [1.165, 1.54) is 11.0 Å². The Morgan fingerprint density at radius 2 is 1.88 bits per heavy atom. The van der Waals surface area contributed by atoms with Gasteiger partial charge in [0.2, 0.25) is 0 Å². The van der Waals surface area contributed by atoms with Crippen molar-refractivity contribution in [2.45, 2.75) is 83.1 Å². The quantitative estimate of drug-likeness (QED) is 0.310. The molecule has 0 radical (unpaired) electrons. The van der Waals surface area contributed by atoms with E-state index >= 15 is 0 Å². The van der Waals surface area contributed by atoms with Crippen molar-refractivity contribution in [3.63, 3.8) is 0 Å². The van der Waals surface area contributed by atoms with E-state index in [0.29, 0.717) is 43.0 Å². The lowest BCUT2D eigenvalue weighted by atomic mass is 9.57. The molecule has 2 fully saturated rings. The number of rotatable bonds is 7. The van der Waals surface area contributed by atoms with Crippen molar-refractivity contribution in [1.29, 1.82) is 0 Å². The van der Waals surface area contributed by atoms with Gasteiger partial charge in [0.25, 0.3) is 5.91 Å². The van der Waals surface area contributed by atoms with Crippen LogP contribution in [0.5, 0.6) is 0 Å². The van der Waals surface area contributed by atoms with Crippen LogP contribution in [0.25, 0.3) is 0 Å². The zero-order chi connectivity index (χ0) is 30.7. The topological polar surface area (TPSA) is 71.3 Å². The van der Waals surface area contributed by atoms with Gasteiger partial charge in [-0.05, 0) is 92.9 Å². The normalized spacial score (nSPS) is 25.5. The average molecular weight is 594 g/mol. The monoisotopic (exact) mass is 593 g/mol. The fourth-order valence-corrected chi connectivity index (χ4v) is 7.68. The number of halogens is 3. The van der Waals surface area contributed by atoms with Crippen LogP contribution < -0.4 is 4.90 Å². The van der Waals surface area contributed by atoms with Gasteiger partial charge >= 0.3 is 6.18 Å². The second-order valence-electron chi connectivity index (χ2n) is 13.6. The number of hydrogen-bond acceptors (Lipinski definition) is 5. The van der Waals surface area contributed by atoms with E-state index in [4.69, 9.17) is 0 Å². The predicted molar refractivity (Wildman–Crippen MR) is 156 cm³/mol.